The zero-order chi connectivity index (χ0) is 27.1. The molecule has 0 aliphatic heterocycles. The molecule has 212 valence electrons. The fraction of sp³-hybridized carbons (Fsp3) is 0.917. The molecule has 12 heteroatoms. The molecule has 0 rings (SSSR count). The van der Waals surface area contributed by atoms with Crippen molar-refractivity contribution in [2.45, 2.75) is 142 Å². The summed E-state index contributed by atoms with van der Waals surface area (Å²) in [6, 6.07) is 0. The van der Waals surface area contributed by atoms with E-state index in [0.29, 0.717) is 0 Å². The average molecular weight is 581 g/mol. The molecular formula is C24H54Na2O8S2. The van der Waals surface area contributed by atoms with Crippen LogP contribution in [-0.4, -0.2) is 35.0 Å². The third-order valence-corrected chi connectivity index (χ3v) is 4.71. The van der Waals surface area contributed by atoms with E-state index in [2.05, 4.69) is 27.7 Å². The van der Waals surface area contributed by atoms with E-state index in [4.69, 9.17) is 35.0 Å². The van der Waals surface area contributed by atoms with E-state index in [9.17, 15) is 0 Å². The molecule has 0 bridgehead atoms. The largest absolute Gasteiger partial charge is 1.00 e. The van der Waals surface area contributed by atoms with Gasteiger partial charge in [-0.05, 0) is 0 Å². The Bertz CT molecular complexity index is 474. The molecule has 0 amide bonds. The zero-order valence-electron chi connectivity index (χ0n) is 23.8. The molecule has 0 radical (unpaired) electrons. The van der Waals surface area contributed by atoms with Gasteiger partial charge >= 0.3 is 79.9 Å². The molecule has 0 aliphatic rings. The Morgan fingerprint density at radius 3 is 0.694 bits per heavy atom. The van der Waals surface area contributed by atoms with E-state index < -0.39 is 20.8 Å². The molecule has 0 aliphatic carbocycles. The number of unbranched alkanes of at least 4 members (excludes halogenated alkanes) is 18. The molecule has 0 heterocycles. The summed E-state index contributed by atoms with van der Waals surface area (Å²) in [7, 11) is -9.33. The van der Waals surface area contributed by atoms with E-state index in [1.807, 2.05) is 0 Å². The molecule has 0 saturated carbocycles. The molecule has 4 N–H and O–H groups in total. The molecule has 0 fully saturated rings. The zero-order valence-corrected chi connectivity index (χ0v) is 29.4. The van der Waals surface area contributed by atoms with Crippen molar-refractivity contribution < 1.29 is 94.2 Å². The van der Waals surface area contributed by atoms with Gasteiger partial charge in [0.15, 0.2) is 0 Å². The van der Waals surface area contributed by atoms with Gasteiger partial charge in [-0.3, -0.25) is 18.2 Å². The van der Waals surface area contributed by atoms with Crippen molar-refractivity contribution in [3.63, 3.8) is 0 Å². The van der Waals surface area contributed by atoms with Crippen molar-refractivity contribution in [1.82, 2.24) is 0 Å². The molecule has 36 heavy (non-hydrogen) atoms. The summed E-state index contributed by atoms with van der Waals surface area (Å²) >= 11 is 0. The van der Waals surface area contributed by atoms with Crippen LogP contribution in [0.2, 0.25) is 0 Å². The van der Waals surface area contributed by atoms with Crippen LogP contribution in [-0.2, 0) is 20.8 Å². The second-order valence-corrected chi connectivity index (χ2v) is 10.1. The van der Waals surface area contributed by atoms with E-state index in [1.54, 1.807) is 0 Å². The first kappa shape index (κ1) is 50.6. The fourth-order valence-electron chi connectivity index (χ4n) is 2.97. The van der Waals surface area contributed by atoms with Crippen LogP contribution in [0, 0.1) is 13.8 Å². The Morgan fingerprint density at radius 2 is 0.556 bits per heavy atom. The van der Waals surface area contributed by atoms with Crippen LogP contribution >= 0.6 is 0 Å². The Labute approximate surface area is 268 Å². The summed E-state index contributed by atoms with van der Waals surface area (Å²) in [4.78, 5) is 0. The van der Waals surface area contributed by atoms with Crippen LogP contribution in [0.3, 0.4) is 0 Å². The number of hydrogen-bond donors (Lipinski definition) is 4. The van der Waals surface area contributed by atoms with Crippen LogP contribution in [0.15, 0.2) is 0 Å². The van der Waals surface area contributed by atoms with Crippen molar-refractivity contribution >= 4 is 20.8 Å². The topological polar surface area (TPSA) is 149 Å². The standard InChI is InChI=1S/2C12H25.2Na.2H2O4S/c2*1-3-5-7-9-11-12-10-8-6-4-2;;;2*1-5(2,3)4/h2*1,3-12H2,2H3;;;2*(H2,1,2,3,4)/q2*-1;2*+1;;. The molecule has 0 saturated heterocycles. The first-order valence-electron chi connectivity index (χ1n) is 12.8. The van der Waals surface area contributed by atoms with Gasteiger partial charge in [0, 0.05) is 0 Å². The first-order valence-corrected chi connectivity index (χ1v) is 15.6. The Kier molecular flexibility index (Phi) is 57.9. The third kappa shape index (κ3) is 111. The smallest absolute Gasteiger partial charge is 0.343 e. The predicted octanol–water partition coefficient (Wildman–Crippen LogP) is 2.19. The molecule has 0 atom stereocenters. The molecule has 0 aromatic heterocycles. The Hall–Kier alpha value is 1.74. The fourth-order valence-corrected chi connectivity index (χ4v) is 2.97. The minimum Gasteiger partial charge on any atom is -0.343 e. The van der Waals surface area contributed by atoms with Crippen LogP contribution in [0.25, 0.3) is 0 Å². The Morgan fingerprint density at radius 1 is 0.417 bits per heavy atom. The van der Waals surface area contributed by atoms with Crippen LogP contribution in [0.1, 0.15) is 142 Å². The predicted molar refractivity (Wildman–Crippen MR) is 143 cm³/mol. The normalized spacial score (nSPS) is 10.2. The van der Waals surface area contributed by atoms with Gasteiger partial charge in [0.25, 0.3) is 0 Å². The van der Waals surface area contributed by atoms with Gasteiger partial charge in [0.05, 0.1) is 0 Å². The number of hydrogen-bond acceptors (Lipinski definition) is 4. The quantitative estimate of drug-likeness (QED) is 0.0834. The van der Waals surface area contributed by atoms with Gasteiger partial charge < -0.3 is 13.8 Å². The van der Waals surface area contributed by atoms with Crippen LogP contribution in [0.5, 0.6) is 0 Å². The van der Waals surface area contributed by atoms with Gasteiger partial charge in [-0.2, -0.15) is 29.7 Å². The van der Waals surface area contributed by atoms with Crippen molar-refractivity contribution in [2.24, 2.45) is 0 Å². The minimum absolute atomic E-state index is 0. The molecule has 0 aromatic rings. The van der Waals surface area contributed by atoms with Crippen LogP contribution in [0.4, 0.5) is 0 Å². The monoisotopic (exact) mass is 580 g/mol. The summed E-state index contributed by atoms with van der Waals surface area (Å²) in [6.07, 6.45) is 27.8. The number of rotatable bonds is 18. The summed E-state index contributed by atoms with van der Waals surface area (Å²) in [5, 5.41) is 0. The van der Waals surface area contributed by atoms with E-state index >= 15 is 0 Å². The molecule has 8 nitrogen and oxygen atoms in total. The van der Waals surface area contributed by atoms with Gasteiger partial charge in [0.1, 0.15) is 0 Å². The maximum Gasteiger partial charge on any atom is 1.00 e. The van der Waals surface area contributed by atoms with E-state index in [-0.39, 0.29) is 59.1 Å². The van der Waals surface area contributed by atoms with Gasteiger partial charge in [0.2, 0.25) is 0 Å². The van der Waals surface area contributed by atoms with Gasteiger partial charge in [-0.25, -0.2) is 0 Å². The molecule has 0 spiro atoms. The summed E-state index contributed by atoms with van der Waals surface area (Å²) < 4.78 is 63.2. The van der Waals surface area contributed by atoms with E-state index in [1.165, 1.54) is 116 Å². The van der Waals surface area contributed by atoms with Gasteiger partial charge in [-0.15, -0.1) is 0 Å². The second-order valence-electron chi connectivity index (χ2n) is 8.26. The molecule has 0 unspecified atom stereocenters. The van der Waals surface area contributed by atoms with Crippen molar-refractivity contribution in [2.75, 3.05) is 0 Å². The maximum atomic E-state index is 8.74. The van der Waals surface area contributed by atoms with Gasteiger partial charge in [-0.1, -0.05) is 129 Å². The van der Waals surface area contributed by atoms with Crippen molar-refractivity contribution in [3.05, 3.63) is 13.8 Å². The van der Waals surface area contributed by atoms with Crippen LogP contribution < -0.4 is 59.1 Å². The average Bonchev–Trinajstić information content (AvgIpc) is 2.70. The summed E-state index contributed by atoms with van der Waals surface area (Å²) in [6.45, 7) is 12.2. The minimum atomic E-state index is -4.67. The van der Waals surface area contributed by atoms with Crippen molar-refractivity contribution in [1.29, 1.82) is 0 Å². The summed E-state index contributed by atoms with van der Waals surface area (Å²) in [5.74, 6) is 0. The second kappa shape index (κ2) is 41.2. The third-order valence-electron chi connectivity index (χ3n) is 4.71. The van der Waals surface area contributed by atoms with Crippen molar-refractivity contribution in [3.8, 4) is 0 Å². The summed E-state index contributed by atoms with van der Waals surface area (Å²) in [5.41, 5.74) is 0. The SMILES string of the molecule is O=S(=O)(O)O.O=S(=O)(O)O.[CH2-]CCCCCCCCCCC.[CH2-]CCCCCCCCCCC.[Na+].[Na+]. The van der Waals surface area contributed by atoms with E-state index in [0.717, 1.165) is 12.8 Å². The Balaban J connectivity index is -0.0000000881. The maximum absolute atomic E-state index is 8.74. The first-order chi connectivity index (χ1) is 15.8. The molecule has 0 aromatic carbocycles. The molecular weight excluding hydrogens is 526 g/mol.